The summed E-state index contributed by atoms with van der Waals surface area (Å²) >= 11 is 6.75. The molecule has 0 bridgehead atoms. The van der Waals surface area contributed by atoms with E-state index in [1.807, 2.05) is 30.3 Å². The van der Waals surface area contributed by atoms with E-state index in [-0.39, 0.29) is 5.84 Å². The van der Waals surface area contributed by atoms with Crippen molar-refractivity contribution in [3.05, 3.63) is 62.5 Å². The quantitative estimate of drug-likeness (QED) is 0.617. The largest absolute Gasteiger partial charge is 0.488 e. The predicted octanol–water partition coefficient (Wildman–Crippen LogP) is 4.07. The van der Waals surface area contributed by atoms with E-state index >= 15 is 0 Å². The second kappa shape index (κ2) is 6.21. The molecule has 0 aliphatic rings. The van der Waals surface area contributed by atoms with Gasteiger partial charge in [0.05, 0.1) is 5.56 Å². The number of nitrogen functional groups attached to an aromatic ring is 1. The first-order chi connectivity index (χ1) is 9.06. The Morgan fingerprint density at radius 1 is 1.05 bits per heavy atom. The molecule has 0 atom stereocenters. The Morgan fingerprint density at radius 2 is 1.68 bits per heavy atom. The van der Waals surface area contributed by atoms with E-state index in [4.69, 9.17) is 15.9 Å². The minimum Gasteiger partial charge on any atom is -0.488 e. The minimum atomic E-state index is -0.00731. The highest BCUT2D eigenvalue weighted by Gasteiger charge is 2.07. The highest BCUT2D eigenvalue weighted by molar-refractivity contribution is 9.10. The van der Waals surface area contributed by atoms with Gasteiger partial charge in [-0.05, 0) is 35.9 Å². The van der Waals surface area contributed by atoms with Gasteiger partial charge in [-0.3, -0.25) is 5.41 Å². The fourth-order valence-electron chi connectivity index (χ4n) is 1.58. The van der Waals surface area contributed by atoms with Crippen LogP contribution in [0.25, 0.3) is 0 Å². The lowest BCUT2D eigenvalue weighted by atomic mass is 10.2. The number of rotatable bonds is 4. The van der Waals surface area contributed by atoms with E-state index in [9.17, 15) is 0 Å². The van der Waals surface area contributed by atoms with Crippen LogP contribution in [0.4, 0.5) is 0 Å². The van der Waals surface area contributed by atoms with Gasteiger partial charge in [-0.15, -0.1) is 0 Å². The molecule has 98 valence electrons. The average molecular weight is 384 g/mol. The summed E-state index contributed by atoms with van der Waals surface area (Å²) in [6.07, 6.45) is 0. The molecule has 0 saturated heterocycles. The van der Waals surface area contributed by atoms with E-state index in [0.29, 0.717) is 17.9 Å². The summed E-state index contributed by atoms with van der Waals surface area (Å²) in [6, 6.07) is 13.3. The van der Waals surface area contributed by atoms with Crippen molar-refractivity contribution in [2.45, 2.75) is 6.61 Å². The summed E-state index contributed by atoms with van der Waals surface area (Å²) in [6.45, 7) is 0.440. The van der Waals surface area contributed by atoms with Gasteiger partial charge in [-0.25, -0.2) is 0 Å². The smallest absolute Gasteiger partial charge is 0.130 e. The van der Waals surface area contributed by atoms with Gasteiger partial charge in [0.25, 0.3) is 0 Å². The highest BCUT2D eigenvalue weighted by Crippen LogP contribution is 2.24. The topological polar surface area (TPSA) is 59.1 Å². The summed E-state index contributed by atoms with van der Waals surface area (Å²) < 4.78 is 7.62. The number of amidine groups is 1. The normalized spacial score (nSPS) is 10.2. The second-order valence-corrected chi connectivity index (χ2v) is 5.80. The maximum absolute atomic E-state index is 7.55. The Bertz CT molecular complexity index is 597. The number of ether oxygens (including phenoxy) is 1. The van der Waals surface area contributed by atoms with Gasteiger partial charge in [-0.1, -0.05) is 44.0 Å². The van der Waals surface area contributed by atoms with Crippen LogP contribution in [0.5, 0.6) is 5.75 Å². The number of nitrogens with two attached hydrogens (primary N) is 1. The average Bonchev–Trinajstić information content (AvgIpc) is 2.39. The molecule has 3 nitrogen and oxygen atoms in total. The summed E-state index contributed by atoms with van der Waals surface area (Å²) in [4.78, 5) is 0. The number of halogens is 2. The molecule has 19 heavy (non-hydrogen) atoms. The van der Waals surface area contributed by atoms with E-state index in [2.05, 4.69) is 31.9 Å². The standard InChI is InChI=1S/C14H12Br2N2O/c15-10-3-1-9(2-4-10)8-19-13-6-5-11(16)7-12(13)14(17)18/h1-7H,8H2,(H3,17,18). The summed E-state index contributed by atoms with van der Waals surface area (Å²) in [5.74, 6) is 0.603. The van der Waals surface area contributed by atoms with Crippen LogP contribution in [0.1, 0.15) is 11.1 Å². The molecule has 0 saturated carbocycles. The highest BCUT2D eigenvalue weighted by atomic mass is 79.9. The monoisotopic (exact) mass is 382 g/mol. The van der Waals surface area contributed by atoms with Gasteiger partial charge in [0.1, 0.15) is 18.2 Å². The maximum atomic E-state index is 7.55. The fraction of sp³-hybridized carbons (Fsp3) is 0.0714. The minimum absolute atomic E-state index is 0.00731. The maximum Gasteiger partial charge on any atom is 0.130 e. The van der Waals surface area contributed by atoms with Crippen molar-refractivity contribution < 1.29 is 4.74 Å². The molecule has 3 N–H and O–H groups in total. The zero-order chi connectivity index (χ0) is 13.8. The first-order valence-electron chi connectivity index (χ1n) is 5.57. The zero-order valence-electron chi connectivity index (χ0n) is 9.99. The first-order valence-corrected chi connectivity index (χ1v) is 7.16. The van der Waals surface area contributed by atoms with Crippen LogP contribution < -0.4 is 10.5 Å². The van der Waals surface area contributed by atoms with Crippen LogP contribution in [0.15, 0.2) is 51.4 Å². The molecule has 0 radical (unpaired) electrons. The van der Waals surface area contributed by atoms with E-state index in [1.165, 1.54) is 0 Å². The molecule has 0 fully saturated rings. The Kier molecular flexibility index (Phi) is 4.61. The Hall–Kier alpha value is -1.33. The number of hydrogen-bond donors (Lipinski definition) is 2. The van der Waals surface area contributed by atoms with Gasteiger partial charge >= 0.3 is 0 Å². The molecule has 2 rings (SSSR count). The van der Waals surface area contributed by atoms with Crippen LogP contribution in [0.2, 0.25) is 0 Å². The molecule has 2 aromatic carbocycles. The molecule has 5 heteroatoms. The third-order valence-electron chi connectivity index (χ3n) is 2.54. The van der Waals surface area contributed by atoms with Crippen molar-refractivity contribution in [2.24, 2.45) is 5.73 Å². The molecule has 0 aromatic heterocycles. The third kappa shape index (κ3) is 3.81. The van der Waals surface area contributed by atoms with Crippen molar-refractivity contribution >= 4 is 37.7 Å². The Balaban J connectivity index is 2.15. The predicted molar refractivity (Wildman–Crippen MR) is 83.6 cm³/mol. The van der Waals surface area contributed by atoms with Crippen molar-refractivity contribution in [3.8, 4) is 5.75 Å². The van der Waals surface area contributed by atoms with Gasteiger partial charge in [0.2, 0.25) is 0 Å². The molecule has 0 aliphatic carbocycles. The number of nitrogens with one attached hydrogen (secondary N) is 1. The van der Waals surface area contributed by atoms with Crippen LogP contribution in [0.3, 0.4) is 0 Å². The molecule has 0 heterocycles. The van der Waals surface area contributed by atoms with Crippen LogP contribution >= 0.6 is 31.9 Å². The van der Waals surface area contributed by atoms with Gasteiger partial charge in [0.15, 0.2) is 0 Å². The molecule has 2 aromatic rings. The SMILES string of the molecule is N=C(N)c1cc(Br)ccc1OCc1ccc(Br)cc1. The lowest BCUT2D eigenvalue weighted by Crippen LogP contribution is -2.13. The molecule has 0 amide bonds. The van der Waals surface area contributed by atoms with Gasteiger partial charge in [0, 0.05) is 8.95 Å². The van der Waals surface area contributed by atoms with Gasteiger partial charge < -0.3 is 10.5 Å². The van der Waals surface area contributed by atoms with Crippen molar-refractivity contribution in [1.82, 2.24) is 0 Å². The van der Waals surface area contributed by atoms with Crippen LogP contribution in [0, 0.1) is 5.41 Å². The second-order valence-electron chi connectivity index (χ2n) is 3.97. The zero-order valence-corrected chi connectivity index (χ0v) is 13.2. The van der Waals surface area contributed by atoms with E-state index in [1.54, 1.807) is 12.1 Å². The Labute approximate surface area is 128 Å². The summed E-state index contributed by atoms with van der Waals surface area (Å²) in [5.41, 5.74) is 7.19. The van der Waals surface area contributed by atoms with E-state index in [0.717, 1.165) is 14.5 Å². The first kappa shape index (κ1) is 14.1. The van der Waals surface area contributed by atoms with Gasteiger partial charge in [-0.2, -0.15) is 0 Å². The molecule has 0 spiro atoms. The summed E-state index contributed by atoms with van der Waals surface area (Å²) in [5, 5.41) is 7.55. The lowest BCUT2D eigenvalue weighted by molar-refractivity contribution is 0.305. The summed E-state index contributed by atoms with van der Waals surface area (Å²) in [7, 11) is 0. The lowest BCUT2D eigenvalue weighted by Gasteiger charge is -2.11. The third-order valence-corrected chi connectivity index (χ3v) is 3.56. The Morgan fingerprint density at radius 3 is 2.32 bits per heavy atom. The van der Waals surface area contributed by atoms with Crippen LogP contribution in [-0.2, 0) is 6.61 Å². The van der Waals surface area contributed by atoms with Crippen molar-refractivity contribution in [1.29, 1.82) is 5.41 Å². The number of benzene rings is 2. The fourth-order valence-corrected chi connectivity index (χ4v) is 2.21. The molecular formula is C14H12Br2N2O. The van der Waals surface area contributed by atoms with Crippen molar-refractivity contribution in [2.75, 3.05) is 0 Å². The number of hydrogen-bond acceptors (Lipinski definition) is 2. The molecular weight excluding hydrogens is 372 g/mol. The van der Waals surface area contributed by atoms with Crippen molar-refractivity contribution in [3.63, 3.8) is 0 Å². The van der Waals surface area contributed by atoms with Crippen LogP contribution in [-0.4, -0.2) is 5.84 Å². The molecule has 0 aliphatic heterocycles. The van der Waals surface area contributed by atoms with E-state index < -0.39 is 0 Å². The molecule has 0 unspecified atom stereocenters.